The number of fused-ring (bicyclic) bond motifs is 1. The Morgan fingerprint density at radius 2 is 1.88 bits per heavy atom. The van der Waals surface area contributed by atoms with Gasteiger partial charge in [0, 0.05) is 11.1 Å². The number of halogens is 1. The lowest BCUT2D eigenvalue weighted by Gasteiger charge is -2.12. The average Bonchev–Trinajstić information content (AvgIpc) is 2.96. The molecule has 0 fully saturated rings. The number of aryl methyl sites for hydroxylation is 1. The molecule has 6 heteroatoms. The van der Waals surface area contributed by atoms with Crippen molar-refractivity contribution in [2.45, 2.75) is 24.7 Å². The van der Waals surface area contributed by atoms with Gasteiger partial charge in [-0.15, -0.1) is 0 Å². The lowest BCUT2D eigenvalue weighted by atomic mass is 10.2. The van der Waals surface area contributed by atoms with Crippen LogP contribution in [0.3, 0.4) is 0 Å². The quantitative estimate of drug-likeness (QED) is 0.613. The number of rotatable bonds is 4. The molecule has 1 heterocycles. The fourth-order valence-corrected chi connectivity index (χ4v) is 4.60. The Balaban J connectivity index is 2.37. The van der Waals surface area contributed by atoms with Crippen LogP contribution < -0.4 is 0 Å². The van der Waals surface area contributed by atoms with Gasteiger partial charge < -0.3 is 0 Å². The third-order valence-electron chi connectivity index (χ3n) is 3.84. The fraction of sp³-hybridized carbons (Fsp3) is 0.167. The van der Waals surface area contributed by atoms with Crippen molar-refractivity contribution in [1.82, 2.24) is 3.97 Å². The number of nitrogens with zero attached hydrogens (tertiary/aromatic N) is 2. The molecule has 0 radical (unpaired) electrons. The number of benzene rings is 2. The molecule has 4 nitrogen and oxygen atoms in total. The van der Waals surface area contributed by atoms with Crippen LogP contribution in [0.15, 0.2) is 53.4 Å². The molecule has 1 aromatic heterocycles. The molecule has 0 unspecified atom stereocenters. The van der Waals surface area contributed by atoms with E-state index in [9.17, 15) is 8.42 Å². The Morgan fingerprint density at radius 1 is 1.17 bits per heavy atom. The predicted octanol–water partition coefficient (Wildman–Crippen LogP) is 5.03. The van der Waals surface area contributed by atoms with Gasteiger partial charge in [-0.1, -0.05) is 49.2 Å². The van der Waals surface area contributed by atoms with Gasteiger partial charge in [-0.25, -0.2) is 17.2 Å². The van der Waals surface area contributed by atoms with Crippen molar-refractivity contribution in [2.75, 3.05) is 0 Å². The van der Waals surface area contributed by atoms with E-state index in [1.807, 2.05) is 6.92 Å². The van der Waals surface area contributed by atoms with Crippen LogP contribution in [0, 0.1) is 6.57 Å². The van der Waals surface area contributed by atoms with Crippen LogP contribution in [0.4, 0.5) is 5.69 Å². The molecule has 0 amide bonds. The highest BCUT2D eigenvalue weighted by Crippen LogP contribution is 2.36. The minimum absolute atomic E-state index is 0.227. The third kappa shape index (κ3) is 2.58. The summed E-state index contributed by atoms with van der Waals surface area (Å²) in [4.78, 5) is 3.61. The van der Waals surface area contributed by atoms with E-state index in [4.69, 9.17) is 18.2 Å². The zero-order valence-electron chi connectivity index (χ0n) is 13.0. The first-order chi connectivity index (χ1) is 11.5. The fourth-order valence-electron chi connectivity index (χ4n) is 2.76. The number of hydrogen-bond acceptors (Lipinski definition) is 2. The molecule has 0 aliphatic heterocycles. The molecular weight excluding hydrogens is 344 g/mol. The van der Waals surface area contributed by atoms with E-state index in [1.54, 1.807) is 48.5 Å². The highest BCUT2D eigenvalue weighted by atomic mass is 35.5. The van der Waals surface area contributed by atoms with Gasteiger partial charge in [-0.3, -0.25) is 0 Å². The monoisotopic (exact) mass is 358 g/mol. The van der Waals surface area contributed by atoms with Crippen molar-refractivity contribution in [3.05, 3.63) is 70.7 Å². The van der Waals surface area contributed by atoms with Crippen LogP contribution in [0.25, 0.3) is 15.7 Å². The first kappa shape index (κ1) is 16.6. The maximum absolute atomic E-state index is 13.1. The molecule has 0 atom stereocenters. The van der Waals surface area contributed by atoms with Gasteiger partial charge in [-0.05, 0) is 30.7 Å². The predicted molar refractivity (Wildman–Crippen MR) is 96.2 cm³/mol. The van der Waals surface area contributed by atoms with Crippen molar-refractivity contribution in [3.63, 3.8) is 0 Å². The smallest absolute Gasteiger partial charge is 0.238 e. The van der Waals surface area contributed by atoms with E-state index in [0.29, 0.717) is 33.7 Å². The second kappa shape index (κ2) is 6.31. The molecule has 0 aliphatic carbocycles. The van der Waals surface area contributed by atoms with Gasteiger partial charge in [0.2, 0.25) is 5.69 Å². The van der Waals surface area contributed by atoms with Crippen molar-refractivity contribution in [1.29, 1.82) is 0 Å². The van der Waals surface area contributed by atoms with Gasteiger partial charge in [-0.2, -0.15) is 0 Å². The summed E-state index contributed by atoms with van der Waals surface area (Å²) in [6.07, 6.45) is 1.40. The van der Waals surface area contributed by atoms with E-state index in [0.717, 1.165) is 6.42 Å². The Bertz CT molecular complexity index is 1050. The summed E-state index contributed by atoms with van der Waals surface area (Å²) in [5, 5.41) is 0.884. The van der Waals surface area contributed by atoms with Crippen LogP contribution in [-0.2, 0) is 16.4 Å². The van der Waals surface area contributed by atoms with Gasteiger partial charge >= 0.3 is 0 Å². The van der Waals surface area contributed by atoms with E-state index in [1.165, 1.54) is 3.97 Å². The Hall–Kier alpha value is -2.29. The topological polar surface area (TPSA) is 43.4 Å². The summed E-state index contributed by atoms with van der Waals surface area (Å²) >= 11 is 6.30. The summed E-state index contributed by atoms with van der Waals surface area (Å²) in [6.45, 7) is 9.16. The van der Waals surface area contributed by atoms with E-state index in [2.05, 4.69) is 4.85 Å². The molecule has 0 N–H and O–H groups in total. The van der Waals surface area contributed by atoms with E-state index >= 15 is 0 Å². The van der Waals surface area contributed by atoms with Gasteiger partial charge in [0.25, 0.3) is 10.0 Å². The second-order valence-electron chi connectivity index (χ2n) is 5.41. The van der Waals surface area contributed by atoms with Crippen molar-refractivity contribution in [3.8, 4) is 0 Å². The maximum atomic E-state index is 13.1. The molecule has 0 spiro atoms. The third-order valence-corrected chi connectivity index (χ3v) is 6.01. The SMILES string of the molecule is [C-]#[N+]c1ccc2c(cc(CCC)n2S(=O)(=O)c2ccccc2)c1Cl. The second-order valence-corrected chi connectivity index (χ2v) is 7.58. The molecule has 3 rings (SSSR count). The minimum Gasteiger partial charge on any atom is -0.238 e. The largest absolute Gasteiger partial charge is 0.268 e. The van der Waals surface area contributed by atoms with E-state index in [-0.39, 0.29) is 4.90 Å². The first-order valence-electron chi connectivity index (χ1n) is 7.51. The minimum atomic E-state index is -3.73. The summed E-state index contributed by atoms with van der Waals surface area (Å²) in [6, 6.07) is 13.3. The Morgan fingerprint density at radius 3 is 2.50 bits per heavy atom. The Kier molecular flexibility index (Phi) is 4.35. The molecule has 122 valence electrons. The highest BCUT2D eigenvalue weighted by molar-refractivity contribution is 7.90. The van der Waals surface area contributed by atoms with Crippen molar-refractivity contribution >= 4 is 38.2 Å². The summed E-state index contributed by atoms with van der Waals surface area (Å²) in [5.74, 6) is 0. The first-order valence-corrected chi connectivity index (χ1v) is 9.33. The van der Waals surface area contributed by atoms with Crippen LogP contribution in [0.5, 0.6) is 0 Å². The zero-order valence-corrected chi connectivity index (χ0v) is 14.6. The van der Waals surface area contributed by atoms with Crippen LogP contribution in [0.2, 0.25) is 5.02 Å². The maximum Gasteiger partial charge on any atom is 0.268 e. The van der Waals surface area contributed by atoms with Crippen LogP contribution in [-0.4, -0.2) is 12.4 Å². The van der Waals surface area contributed by atoms with Crippen LogP contribution >= 0.6 is 11.6 Å². The molecule has 0 saturated carbocycles. The number of aromatic nitrogens is 1. The molecule has 0 saturated heterocycles. The average molecular weight is 359 g/mol. The molecular formula is C18H15ClN2O2S. The molecule has 0 bridgehead atoms. The molecule has 3 aromatic rings. The molecule has 24 heavy (non-hydrogen) atoms. The standard InChI is InChI=1S/C18H15ClN2O2S/c1-3-7-13-12-15-17(11-10-16(20-2)18(15)19)21(13)24(22,23)14-8-5-4-6-9-14/h4-6,8-12H,3,7H2,1H3. The van der Waals surface area contributed by atoms with Crippen molar-refractivity contribution in [2.24, 2.45) is 0 Å². The summed E-state index contributed by atoms with van der Waals surface area (Å²) in [7, 11) is -3.73. The van der Waals surface area contributed by atoms with Crippen LogP contribution in [0.1, 0.15) is 19.0 Å². The lowest BCUT2D eigenvalue weighted by Crippen LogP contribution is -2.15. The molecule has 2 aromatic carbocycles. The van der Waals surface area contributed by atoms with E-state index < -0.39 is 10.0 Å². The Labute approximate surface area is 146 Å². The van der Waals surface area contributed by atoms with Gasteiger partial charge in [0.15, 0.2) is 0 Å². The lowest BCUT2D eigenvalue weighted by molar-refractivity contribution is 0.586. The zero-order chi connectivity index (χ0) is 17.3. The number of hydrogen-bond donors (Lipinski definition) is 0. The summed E-state index contributed by atoms with van der Waals surface area (Å²) in [5.41, 5.74) is 1.49. The molecule has 0 aliphatic rings. The summed E-state index contributed by atoms with van der Waals surface area (Å²) < 4.78 is 27.6. The van der Waals surface area contributed by atoms with Gasteiger partial charge in [0.1, 0.15) is 0 Å². The normalized spacial score (nSPS) is 11.5. The highest BCUT2D eigenvalue weighted by Gasteiger charge is 2.24. The van der Waals surface area contributed by atoms with Crippen molar-refractivity contribution < 1.29 is 8.42 Å². The van der Waals surface area contributed by atoms with Gasteiger partial charge in [0.05, 0.1) is 22.0 Å².